The van der Waals surface area contributed by atoms with E-state index in [1.807, 2.05) is 66.7 Å². The average Bonchev–Trinajstić information content (AvgIpc) is 3.47. The lowest BCUT2D eigenvalue weighted by Crippen LogP contribution is -2.54. The van der Waals surface area contributed by atoms with Gasteiger partial charge in [0.2, 0.25) is 5.90 Å². The summed E-state index contributed by atoms with van der Waals surface area (Å²) in [5.41, 5.74) is 17.5. The van der Waals surface area contributed by atoms with Crippen LogP contribution in [0.3, 0.4) is 0 Å². The number of nitrogens with one attached hydrogen (secondary N) is 2. The minimum atomic E-state index is -1.48. The largest absolute Gasteiger partial charge is 0.494 e. The summed E-state index contributed by atoms with van der Waals surface area (Å²) in [6.07, 6.45) is 1.46. The highest BCUT2D eigenvalue weighted by atomic mass is 79.9. The Morgan fingerprint density at radius 1 is 1.00 bits per heavy atom. The second-order valence-electron chi connectivity index (χ2n) is 10.8. The molecule has 4 aromatic carbocycles. The number of hydrazine groups is 1. The van der Waals surface area contributed by atoms with Gasteiger partial charge in [-0.3, -0.25) is 10.2 Å². The molecule has 1 aliphatic heterocycles. The molecule has 5 rings (SSSR count). The fraction of sp³-hybridized carbons (Fsp3) is 0.257. The molecule has 4 aromatic rings. The topological polar surface area (TPSA) is 141 Å². The minimum Gasteiger partial charge on any atom is -0.494 e. The molecule has 0 saturated heterocycles. The minimum absolute atomic E-state index is 0.0496. The van der Waals surface area contributed by atoms with Gasteiger partial charge in [0.1, 0.15) is 5.75 Å². The van der Waals surface area contributed by atoms with Gasteiger partial charge in [0.05, 0.1) is 6.61 Å². The number of amides is 1. The molecule has 1 aliphatic rings. The molecule has 0 aliphatic carbocycles. The first-order chi connectivity index (χ1) is 22.5. The van der Waals surface area contributed by atoms with E-state index in [9.17, 15) is 10.3 Å². The number of benzene rings is 4. The van der Waals surface area contributed by atoms with Crippen LogP contribution < -0.4 is 15.6 Å². The summed E-state index contributed by atoms with van der Waals surface area (Å²) < 4.78 is 13.1. The molecular formula is C35H35BrN6O4. The molecule has 3 N–H and O–H groups in total. The number of aliphatic hydroxyl groups is 1. The Morgan fingerprint density at radius 3 is 2.50 bits per heavy atom. The maximum atomic E-state index is 14.4. The highest BCUT2D eigenvalue weighted by Gasteiger charge is 2.54. The van der Waals surface area contributed by atoms with Crippen molar-refractivity contribution < 1.29 is 19.4 Å². The third kappa shape index (κ3) is 7.94. The van der Waals surface area contributed by atoms with Gasteiger partial charge < -0.3 is 14.6 Å². The second kappa shape index (κ2) is 16.1. The van der Waals surface area contributed by atoms with Crippen LogP contribution in [0, 0.1) is 0 Å². The van der Waals surface area contributed by atoms with E-state index in [1.165, 1.54) is 5.56 Å². The molecule has 10 nitrogen and oxygen atoms in total. The number of rotatable bonds is 15. The monoisotopic (exact) mass is 682 g/mol. The van der Waals surface area contributed by atoms with E-state index < -0.39 is 11.6 Å². The van der Waals surface area contributed by atoms with Crippen LogP contribution in [0.1, 0.15) is 41.2 Å². The first-order valence-corrected chi connectivity index (χ1v) is 15.9. The lowest BCUT2D eigenvalue weighted by molar-refractivity contribution is -0.130. The molecule has 236 valence electrons. The Balaban J connectivity index is 1.50. The quantitative estimate of drug-likeness (QED) is 0.0411. The average molecular weight is 684 g/mol. The van der Waals surface area contributed by atoms with Crippen LogP contribution in [-0.4, -0.2) is 42.2 Å². The highest BCUT2D eigenvalue weighted by Crippen LogP contribution is 2.45. The summed E-state index contributed by atoms with van der Waals surface area (Å²) in [6, 6.07) is 32.2. The predicted octanol–water partition coefficient (Wildman–Crippen LogP) is 6.91. The van der Waals surface area contributed by atoms with Crippen LogP contribution >= 0.6 is 15.9 Å². The van der Waals surface area contributed by atoms with Crippen LogP contribution in [0.5, 0.6) is 5.75 Å². The maximum Gasteiger partial charge on any atom is 0.266 e. The Bertz CT molecular complexity index is 1700. The van der Waals surface area contributed by atoms with Gasteiger partial charge in [-0.2, -0.15) is 0 Å². The van der Waals surface area contributed by atoms with E-state index in [2.05, 4.69) is 48.9 Å². The predicted molar refractivity (Wildman–Crippen MR) is 181 cm³/mol. The number of ether oxygens (including phenoxy) is 2. The molecule has 2 atom stereocenters. The van der Waals surface area contributed by atoms with Crippen molar-refractivity contribution in [2.24, 2.45) is 10.1 Å². The van der Waals surface area contributed by atoms with Crippen molar-refractivity contribution in [1.82, 2.24) is 10.9 Å². The van der Waals surface area contributed by atoms with Gasteiger partial charge in [-0.05, 0) is 59.8 Å². The molecule has 46 heavy (non-hydrogen) atoms. The summed E-state index contributed by atoms with van der Waals surface area (Å²) in [5.74, 6) is 0.552. The Hall–Kier alpha value is -4.67. The van der Waals surface area contributed by atoms with Gasteiger partial charge in [0.25, 0.3) is 5.91 Å². The molecular weight excluding hydrogens is 648 g/mol. The number of carbonyl (C=O) groups excluding carboxylic acids is 1. The SMILES string of the molecule is [N-]=[N+]=Nc1ccccc1C[C@]1(C(=O)NNCCCc2ccccc2)N=C(c2ccc(OCCCO)cc2)O[C@H]1c1ccccc1Br. The summed E-state index contributed by atoms with van der Waals surface area (Å²) in [7, 11) is 0. The first kappa shape index (κ1) is 32.7. The van der Waals surface area contributed by atoms with Crippen molar-refractivity contribution in [2.45, 2.75) is 37.3 Å². The lowest BCUT2D eigenvalue weighted by Gasteiger charge is -2.31. The van der Waals surface area contributed by atoms with Crippen molar-refractivity contribution >= 4 is 33.4 Å². The number of carbonyl (C=O) groups is 1. The van der Waals surface area contributed by atoms with E-state index in [0.717, 1.165) is 22.9 Å². The van der Waals surface area contributed by atoms with Gasteiger partial charge in [-0.1, -0.05) is 93.8 Å². The van der Waals surface area contributed by atoms with E-state index in [0.29, 0.717) is 48.0 Å². The first-order valence-electron chi connectivity index (χ1n) is 15.1. The van der Waals surface area contributed by atoms with Crippen LogP contribution in [0.4, 0.5) is 5.69 Å². The zero-order chi connectivity index (χ0) is 32.2. The molecule has 0 aromatic heterocycles. The van der Waals surface area contributed by atoms with E-state index in [4.69, 9.17) is 19.6 Å². The number of azide groups is 1. The molecule has 0 radical (unpaired) electrons. The number of aliphatic hydroxyl groups excluding tert-OH is 1. The van der Waals surface area contributed by atoms with Crippen molar-refractivity contribution in [3.63, 3.8) is 0 Å². The van der Waals surface area contributed by atoms with Crippen LogP contribution in [0.25, 0.3) is 10.4 Å². The van der Waals surface area contributed by atoms with E-state index in [-0.39, 0.29) is 18.9 Å². The highest BCUT2D eigenvalue weighted by molar-refractivity contribution is 9.10. The van der Waals surface area contributed by atoms with E-state index >= 15 is 0 Å². The summed E-state index contributed by atoms with van der Waals surface area (Å²) >= 11 is 3.66. The van der Waals surface area contributed by atoms with Crippen molar-refractivity contribution in [2.75, 3.05) is 19.8 Å². The molecule has 1 amide bonds. The molecule has 0 unspecified atom stereocenters. The number of aryl methyl sites for hydroxylation is 1. The summed E-state index contributed by atoms with van der Waals surface area (Å²) in [5, 5.41) is 13.0. The lowest BCUT2D eigenvalue weighted by atomic mass is 9.81. The second-order valence-corrected chi connectivity index (χ2v) is 11.6. The van der Waals surface area contributed by atoms with Crippen molar-refractivity contribution in [3.05, 3.63) is 140 Å². The fourth-order valence-electron chi connectivity index (χ4n) is 5.32. The Kier molecular flexibility index (Phi) is 11.4. The normalized spacial score (nSPS) is 17.0. The molecule has 0 saturated carbocycles. The van der Waals surface area contributed by atoms with Crippen LogP contribution in [-0.2, 0) is 22.4 Å². The van der Waals surface area contributed by atoms with Gasteiger partial charge in [-0.15, -0.1) is 0 Å². The van der Waals surface area contributed by atoms with Gasteiger partial charge in [0.15, 0.2) is 11.6 Å². The number of hydrogen-bond acceptors (Lipinski definition) is 7. The summed E-state index contributed by atoms with van der Waals surface area (Å²) in [4.78, 5) is 22.5. The van der Waals surface area contributed by atoms with Crippen molar-refractivity contribution in [1.29, 1.82) is 0 Å². The van der Waals surface area contributed by atoms with E-state index in [1.54, 1.807) is 24.3 Å². The molecule has 1 heterocycles. The maximum absolute atomic E-state index is 14.4. The zero-order valence-electron chi connectivity index (χ0n) is 25.2. The zero-order valence-corrected chi connectivity index (χ0v) is 26.8. The van der Waals surface area contributed by atoms with Crippen molar-refractivity contribution in [3.8, 4) is 5.75 Å². The number of halogens is 1. The summed E-state index contributed by atoms with van der Waals surface area (Å²) in [6.45, 7) is 0.985. The number of aliphatic imine (C=N–C) groups is 1. The molecule has 0 bridgehead atoms. The number of hydrogen-bond donors (Lipinski definition) is 3. The van der Waals surface area contributed by atoms with Crippen LogP contribution in [0.2, 0.25) is 0 Å². The van der Waals surface area contributed by atoms with Crippen LogP contribution in [0.15, 0.2) is 118 Å². The molecule has 0 fully saturated rings. The smallest absolute Gasteiger partial charge is 0.266 e. The fourth-order valence-corrected chi connectivity index (χ4v) is 5.81. The molecule has 11 heteroatoms. The van der Waals surface area contributed by atoms with Gasteiger partial charge in [0, 0.05) is 52.2 Å². The standard InChI is InChI=1S/C35H35BrN6O4/c36-30-15-6-5-14-29(30)32-35(24-27-13-4-7-16-31(27)40-42-37,34(44)41-38-21-8-12-25-10-2-1-3-11-25)39-33(46-32)26-17-19-28(20-18-26)45-23-9-22-43/h1-7,10-11,13-20,32,38,43H,8-9,12,21-24H2,(H,41,44)/t32-,35-/m0/s1. The third-order valence-electron chi connectivity index (χ3n) is 7.63. The Morgan fingerprint density at radius 2 is 1.74 bits per heavy atom. The van der Waals surface area contributed by atoms with Gasteiger partial charge >= 0.3 is 0 Å². The number of nitrogens with zero attached hydrogens (tertiary/aromatic N) is 4. The Labute approximate surface area is 276 Å². The molecule has 0 spiro atoms. The third-order valence-corrected chi connectivity index (χ3v) is 8.36. The van der Waals surface area contributed by atoms with Gasteiger partial charge in [-0.25, -0.2) is 10.4 Å².